The summed E-state index contributed by atoms with van der Waals surface area (Å²) < 4.78 is 27.1. The van der Waals surface area contributed by atoms with Crippen molar-refractivity contribution in [2.75, 3.05) is 33.2 Å². The van der Waals surface area contributed by atoms with Gasteiger partial charge in [0.05, 0.1) is 9.82 Å². The molecule has 9 nitrogen and oxygen atoms in total. The van der Waals surface area contributed by atoms with E-state index in [2.05, 4.69) is 10.6 Å². The lowest BCUT2D eigenvalue weighted by molar-refractivity contribution is -0.385. The van der Waals surface area contributed by atoms with Gasteiger partial charge in [-0.3, -0.25) is 14.9 Å². The molecule has 1 aromatic rings. The average Bonchev–Trinajstić information content (AvgIpc) is 2.65. The number of non-ortho nitro benzene ring substituents is 1. The number of amides is 1. The molecule has 10 heteroatoms. The third-order valence-corrected chi connectivity index (χ3v) is 6.77. The molecule has 0 spiro atoms. The molecular formula is C17H26N4O5S. The van der Waals surface area contributed by atoms with Crippen LogP contribution < -0.4 is 10.6 Å². The summed E-state index contributed by atoms with van der Waals surface area (Å²) in [5.74, 6) is -0.257. The van der Waals surface area contributed by atoms with E-state index in [0.717, 1.165) is 19.0 Å². The SMILES string of the molecule is CNCCCNC(=O)C1CCN(S(=O)(=O)c2cc([N+](=O)[O-])ccc2C)CC1. The van der Waals surface area contributed by atoms with E-state index in [0.29, 0.717) is 24.9 Å². The normalized spacial score (nSPS) is 16.2. The molecule has 0 bridgehead atoms. The Kier molecular flexibility index (Phi) is 7.28. The van der Waals surface area contributed by atoms with Gasteiger partial charge in [0, 0.05) is 37.7 Å². The highest BCUT2D eigenvalue weighted by Gasteiger charge is 2.33. The largest absolute Gasteiger partial charge is 0.356 e. The standard InChI is InChI=1S/C17H26N4O5S/c1-13-4-5-15(21(23)24)12-16(13)27(25,26)20-10-6-14(7-11-20)17(22)19-9-3-8-18-2/h4-5,12,14,18H,3,6-11H2,1-2H3,(H,19,22). The number of nitro groups is 1. The number of benzene rings is 1. The summed E-state index contributed by atoms with van der Waals surface area (Å²) in [7, 11) is -1.98. The highest BCUT2D eigenvalue weighted by Crippen LogP contribution is 2.28. The minimum atomic E-state index is -3.83. The summed E-state index contributed by atoms with van der Waals surface area (Å²) in [6, 6.07) is 3.83. The third-order valence-electron chi connectivity index (χ3n) is 4.73. The van der Waals surface area contributed by atoms with Crippen LogP contribution in [0.15, 0.2) is 23.1 Å². The van der Waals surface area contributed by atoms with Crippen LogP contribution >= 0.6 is 0 Å². The molecule has 2 rings (SSSR count). The first-order valence-electron chi connectivity index (χ1n) is 8.95. The first kappa shape index (κ1) is 21.3. The van der Waals surface area contributed by atoms with Crippen molar-refractivity contribution in [1.29, 1.82) is 0 Å². The highest BCUT2D eigenvalue weighted by atomic mass is 32.2. The second kappa shape index (κ2) is 9.25. The Labute approximate surface area is 159 Å². The number of hydrogen-bond donors (Lipinski definition) is 2. The zero-order chi connectivity index (χ0) is 20.0. The quantitative estimate of drug-likeness (QED) is 0.383. The Balaban J connectivity index is 2.01. The van der Waals surface area contributed by atoms with E-state index in [1.54, 1.807) is 6.92 Å². The van der Waals surface area contributed by atoms with Gasteiger partial charge in [-0.15, -0.1) is 0 Å². The Morgan fingerprint density at radius 1 is 1.30 bits per heavy atom. The zero-order valence-corrected chi connectivity index (χ0v) is 16.4. The van der Waals surface area contributed by atoms with Gasteiger partial charge in [0.25, 0.3) is 5.69 Å². The van der Waals surface area contributed by atoms with Gasteiger partial charge in [0.15, 0.2) is 0 Å². The maximum atomic E-state index is 12.9. The van der Waals surface area contributed by atoms with Crippen LogP contribution in [0.25, 0.3) is 0 Å². The fraction of sp³-hybridized carbons (Fsp3) is 0.588. The smallest absolute Gasteiger partial charge is 0.270 e. The van der Waals surface area contributed by atoms with E-state index in [1.807, 2.05) is 7.05 Å². The highest BCUT2D eigenvalue weighted by molar-refractivity contribution is 7.89. The van der Waals surface area contributed by atoms with Crippen LogP contribution in [0.5, 0.6) is 0 Å². The molecule has 27 heavy (non-hydrogen) atoms. The Morgan fingerprint density at radius 2 is 1.96 bits per heavy atom. The van der Waals surface area contributed by atoms with E-state index < -0.39 is 14.9 Å². The van der Waals surface area contributed by atoms with Gasteiger partial charge in [0.1, 0.15) is 0 Å². The van der Waals surface area contributed by atoms with E-state index in [-0.39, 0.29) is 35.5 Å². The van der Waals surface area contributed by atoms with Crippen LogP contribution in [0.2, 0.25) is 0 Å². The maximum absolute atomic E-state index is 12.9. The zero-order valence-electron chi connectivity index (χ0n) is 15.6. The monoisotopic (exact) mass is 398 g/mol. The van der Waals surface area contributed by atoms with Gasteiger partial charge < -0.3 is 10.6 Å². The lowest BCUT2D eigenvalue weighted by Crippen LogP contribution is -2.43. The molecule has 0 aliphatic carbocycles. The molecule has 0 aromatic heterocycles. The number of aryl methyl sites for hydroxylation is 1. The van der Waals surface area contributed by atoms with Gasteiger partial charge >= 0.3 is 0 Å². The third kappa shape index (κ3) is 5.24. The minimum Gasteiger partial charge on any atom is -0.356 e. The second-order valence-corrected chi connectivity index (χ2v) is 8.54. The molecule has 1 fully saturated rings. The van der Waals surface area contributed by atoms with Gasteiger partial charge in [-0.1, -0.05) is 6.07 Å². The number of carbonyl (C=O) groups is 1. The van der Waals surface area contributed by atoms with Crippen molar-refractivity contribution in [1.82, 2.24) is 14.9 Å². The Bertz CT molecular complexity index is 789. The minimum absolute atomic E-state index is 0.0466. The lowest BCUT2D eigenvalue weighted by Gasteiger charge is -2.30. The number of rotatable bonds is 8. The van der Waals surface area contributed by atoms with Gasteiger partial charge in [-0.2, -0.15) is 4.31 Å². The molecule has 2 N–H and O–H groups in total. The number of nitrogens with one attached hydrogen (secondary N) is 2. The van der Waals surface area contributed by atoms with E-state index in [1.165, 1.54) is 16.4 Å². The van der Waals surface area contributed by atoms with Crippen LogP contribution in [0.3, 0.4) is 0 Å². The van der Waals surface area contributed by atoms with Crippen LogP contribution in [-0.2, 0) is 14.8 Å². The summed E-state index contributed by atoms with van der Waals surface area (Å²) in [6.07, 6.45) is 1.71. The van der Waals surface area contributed by atoms with E-state index in [9.17, 15) is 23.3 Å². The second-order valence-electron chi connectivity index (χ2n) is 6.63. The first-order valence-corrected chi connectivity index (χ1v) is 10.4. The van der Waals surface area contributed by atoms with Crippen molar-refractivity contribution >= 4 is 21.6 Å². The molecule has 1 heterocycles. The number of nitro benzene ring substituents is 1. The van der Waals surface area contributed by atoms with Crippen LogP contribution in [-0.4, -0.2) is 56.8 Å². The van der Waals surface area contributed by atoms with Crippen molar-refractivity contribution < 1.29 is 18.1 Å². The lowest BCUT2D eigenvalue weighted by atomic mass is 9.97. The van der Waals surface area contributed by atoms with Crippen LogP contribution in [0.4, 0.5) is 5.69 Å². The number of hydrogen-bond acceptors (Lipinski definition) is 6. The molecule has 0 radical (unpaired) electrons. The number of sulfonamides is 1. The van der Waals surface area contributed by atoms with E-state index in [4.69, 9.17) is 0 Å². The van der Waals surface area contributed by atoms with Gasteiger partial charge in [0.2, 0.25) is 15.9 Å². The van der Waals surface area contributed by atoms with Gasteiger partial charge in [-0.25, -0.2) is 8.42 Å². The predicted octanol–water partition coefficient (Wildman–Crippen LogP) is 1.03. The van der Waals surface area contributed by atoms with E-state index >= 15 is 0 Å². The summed E-state index contributed by atoms with van der Waals surface area (Å²) in [4.78, 5) is 22.5. The molecule has 0 unspecified atom stereocenters. The van der Waals surface area contributed by atoms with Gasteiger partial charge in [-0.05, 0) is 45.3 Å². The van der Waals surface area contributed by atoms with Crippen molar-refractivity contribution in [3.8, 4) is 0 Å². The summed E-state index contributed by atoms with van der Waals surface area (Å²) in [6.45, 7) is 3.46. The summed E-state index contributed by atoms with van der Waals surface area (Å²) >= 11 is 0. The summed E-state index contributed by atoms with van der Waals surface area (Å²) in [5, 5.41) is 16.8. The molecule has 0 saturated carbocycles. The molecule has 1 aliphatic heterocycles. The van der Waals surface area contributed by atoms with Crippen molar-refractivity contribution in [2.24, 2.45) is 5.92 Å². The Morgan fingerprint density at radius 3 is 2.56 bits per heavy atom. The first-order chi connectivity index (χ1) is 12.8. The Hall–Kier alpha value is -2.04. The van der Waals surface area contributed by atoms with Crippen molar-refractivity contribution in [3.05, 3.63) is 33.9 Å². The molecule has 150 valence electrons. The maximum Gasteiger partial charge on any atom is 0.270 e. The number of nitrogens with zero attached hydrogens (tertiary/aromatic N) is 2. The predicted molar refractivity (Wildman–Crippen MR) is 101 cm³/mol. The fourth-order valence-corrected chi connectivity index (χ4v) is 4.81. The molecule has 0 atom stereocenters. The topological polar surface area (TPSA) is 122 Å². The number of piperidine rings is 1. The molecule has 1 amide bonds. The molecule has 1 saturated heterocycles. The molecule has 1 aliphatic rings. The fourth-order valence-electron chi connectivity index (χ4n) is 3.10. The summed E-state index contributed by atoms with van der Waals surface area (Å²) in [5.41, 5.74) is 0.208. The number of carbonyl (C=O) groups excluding carboxylic acids is 1. The average molecular weight is 398 g/mol. The van der Waals surface area contributed by atoms with Crippen LogP contribution in [0.1, 0.15) is 24.8 Å². The van der Waals surface area contributed by atoms with Crippen molar-refractivity contribution in [3.63, 3.8) is 0 Å². The van der Waals surface area contributed by atoms with Crippen LogP contribution in [0, 0.1) is 23.0 Å². The van der Waals surface area contributed by atoms with Crippen molar-refractivity contribution in [2.45, 2.75) is 31.1 Å². The molecular weight excluding hydrogens is 372 g/mol. The molecule has 1 aromatic carbocycles.